The number of rotatable bonds is 1. The summed E-state index contributed by atoms with van der Waals surface area (Å²) < 4.78 is 0. The predicted molar refractivity (Wildman–Crippen MR) is 63.9 cm³/mol. The molecule has 0 radical (unpaired) electrons. The molecule has 0 amide bonds. The van der Waals surface area contributed by atoms with Crippen molar-refractivity contribution in [1.29, 1.82) is 0 Å². The molecule has 2 rings (SSSR count). The maximum atomic E-state index is 4.59. The maximum Gasteiger partial charge on any atom is 0.156 e. The van der Waals surface area contributed by atoms with E-state index in [-0.39, 0.29) is 0 Å². The summed E-state index contributed by atoms with van der Waals surface area (Å²) >= 11 is 1.90. The first-order valence-corrected chi connectivity index (χ1v) is 6.62. The lowest BCUT2D eigenvalue weighted by atomic mass is 10.0. The zero-order chi connectivity index (χ0) is 10.0. The third-order valence-corrected chi connectivity index (χ3v) is 4.41. The van der Waals surface area contributed by atoms with Gasteiger partial charge >= 0.3 is 0 Å². The van der Waals surface area contributed by atoms with Crippen LogP contribution in [0, 0.1) is 5.92 Å². The summed E-state index contributed by atoms with van der Waals surface area (Å²) in [6.45, 7) is 5.61. The van der Waals surface area contributed by atoms with Crippen LogP contribution in [0.1, 0.15) is 39.5 Å². The molecule has 1 N–H and O–H groups in total. The number of hydrogen-bond acceptors (Lipinski definition) is 3. The Labute approximate surface area is 90.9 Å². The van der Waals surface area contributed by atoms with Crippen LogP contribution >= 0.6 is 11.8 Å². The van der Waals surface area contributed by atoms with Gasteiger partial charge in [0.1, 0.15) is 0 Å². The standard InChI is InChI=1S/C11H20N2S/c1-9-7-12-10(14-8-9)13-11(2)5-3-4-6-11/h9H,3-8H2,1-2H3,(H,12,13). The van der Waals surface area contributed by atoms with Gasteiger partial charge in [-0.25, -0.2) is 0 Å². The highest BCUT2D eigenvalue weighted by Crippen LogP contribution is 2.30. The van der Waals surface area contributed by atoms with Gasteiger partial charge in [-0.05, 0) is 25.7 Å². The first-order valence-electron chi connectivity index (χ1n) is 5.63. The molecule has 1 aliphatic carbocycles. The van der Waals surface area contributed by atoms with Crippen molar-refractivity contribution < 1.29 is 0 Å². The van der Waals surface area contributed by atoms with Crippen molar-refractivity contribution in [2.75, 3.05) is 12.3 Å². The Kier molecular flexibility index (Phi) is 3.05. The molecule has 0 aromatic rings. The Balaban J connectivity index is 1.90. The average Bonchev–Trinajstić information content (AvgIpc) is 2.57. The van der Waals surface area contributed by atoms with Gasteiger partial charge < -0.3 is 5.32 Å². The van der Waals surface area contributed by atoms with Crippen molar-refractivity contribution in [2.24, 2.45) is 10.9 Å². The lowest BCUT2D eigenvalue weighted by molar-refractivity contribution is 0.433. The summed E-state index contributed by atoms with van der Waals surface area (Å²) in [7, 11) is 0. The summed E-state index contributed by atoms with van der Waals surface area (Å²) in [5.41, 5.74) is 0.340. The van der Waals surface area contributed by atoms with Crippen molar-refractivity contribution >= 4 is 16.9 Å². The number of amidine groups is 1. The lowest BCUT2D eigenvalue weighted by Gasteiger charge is -2.29. The molecule has 0 aromatic carbocycles. The fourth-order valence-electron chi connectivity index (χ4n) is 2.17. The van der Waals surface area contributed by atoms with Crippen molar-refractivity contribution in [1.82, 2.24) is 5.32 Å². The molecule has 1 heterocycles. The summed E-state index contributed by atoms with van der Waals surface area (Å²) in [6, 6.07) is 0. The smallest absolute Gasteiger partial charge is 0.156 e. The number of aliphatic imine (C=N–C) groups is 1. The minimum atomic E-state index is 0.340. The number of thioether (sulfide) groups is 1. The van der Waals surface area contributed by atoms with E-state index in [1.165, 1.54) is 36.6 Å². The number of hydrogen-bond donors (Lipinski definition) is 1. The van der Waals surface area contributed by atoms with Gasteiger partial charge in [-0.2, -0.15) is 0 Å². The van der Waals surface area contributed by atoms with E-state index in [0.717, 1.165) is 12.5 Å². The molecule has 1 aliphatic heterocycles. The Morgan fingerprint density at radius 3 is 2.71 bits per heavy atom. The Morgan fingerprint density at radius 2 is 2.14 bits per heavy atom. The molecule has 1 unspecified atom stereocenters. The Hall–Kier alpha value is -0.180. The van der Waals surface area contributed by atoms with Gasteiger partial charge in [0.2, 0.25) is 0 Å². The third kappa shape index (κ3) is 2.44. The second-order valence-corrected chi connectivity index (χ2v) is 5.96. The van der Waals surface area contributed by atoms with Gasteiger partial charge in [0.25, 0.3) is 0 Å². The van der Waals surface area contributed by atoms with Crippen LogP contribution in [0.3, 0.4) is 0 Å². The zero-order valence-electron chi connectivity index (χ0n) is 9.18. The monoisotopic (exact) mass is 212 g/mol. The van der Waals surface area contributed by atoms with Crippen molar-refractivity contribution in [2.45, 2.75) is 45.1 Å². The van der Waals surface area contributed by atoms with Crippen molar-refractivity contribution in [3.8, 4) is 0 Å². The van der Waals surface area contributed by atoms with E-state index < -0.39 is 0 Å². The van der Waals surface area contributed by atoms with Gasteiger partial charge in [0, 0.05) is 17.8 Å². The Bertz CT molecular complexity index is 231. The van der Waals surface area contributed by atoms with Gasteiger partial charge in [0.15, 0.2) is 5.17 Å². The summed E-state index contributed by atoms with van der Waals surface area (Å²) in [6.07, 6.45) is 5.36. The van der Waals surface area contributed by atoms with E-state index in [1.807, 2.05) is 11.8 Å². The van der Waals surface area contributed by atoms with Crippen LogP contribution in [0.15, 0.2) is 4.99 Å². The molecule has 2 aliphatic rings. The quantitative estimate of drug-likeness (QED) is 0.722. The first-order chi connectivity index (χ1) is 6.68. The number of nitrogens with one attached hydrogen (secondary N) is 1. The molecule has 0 saturated heterocycles. The second-order valence-electron chi connectivity index (χ2n) is 4.95. The number of nitrogens with zero attached hydrogens (tertiary/aromatic N) is 1. The van der Waals surface area contributed by atoms with Gasteiger partial charge in [-0.3, -0.25) is 4.99 Å². The highest BCUT2D eigenvalue weighted by Gasteiger charge is 2.30. The van der Waals surface area contributed by atoms with E-state index in [0.29, 0.717) is 5.54 Å². The van der Waals surface area contributed by atoms with E-state index in [4.69, 9.17) is 0 Å². The molecular formula is C11H20N2S. The van der Waals surface area contributed by atoms with Gasteiger partial charge in [-0.15, -0.1) is 0 Å². The molecule has 0 spiro atoms. The average molecular weight is 212 g/mol. The van der Waals surface area contributed by atoms with E-state index in [9.17, 15) is 0 Å². The molecule has 1 atom stereocenters. The van der Waals surface area contributed by atoms with E-state index in [1.54, 1.807) is 0 Å². The Morgan fingerprint density at radius 1 is 1.43 bits per heavy atom. The topological polar surface area (TPSA) is 24.4 Å². The third-order valence-electron chi connectivity index (χ3n) is 3.17. The summed E-state index contributed by atoms with van der Waals surface area (Å²) in [5.74, 6) is 1.98. The molecule has 80 valence electrons. The van der Waals surface area contributed by atoms with E-state index in [2.05, 4.69) is 24.2 Å². The van der Waals surface area contributed by atoms with Crippen LogP contribution in [0.25, 0.3) is 0 Å². The van der Waals surface area contributed by atoms with Crippen LogP contribution in [-0.4, -0.2) is 23.0 Å². The fourth-order valence-corrected chi connectivity index (χ4v) is 3.20. The molecule has 1 fully saturated rings. The van der Waals surface area contributed by atoms with Crippen molar-refractivity contribution in [3.05, 3.63) is 0 Å². The molecule has 0 aromatic heterocycles. The highest BCUT2D eigenvalue weighted by atomic mass is 32.2. The van der Waals surface area contributed by atoms with Crippen LogP contribution in [0.4, 0.5) is 0 Å². The van der Waals surface area contributed by atoms with Crippen molar-refractivity contribution in [3.63, 3.8) is 0 Å². The molecular weight excluding hydrogens is 192 g/mol. The molecule has 1 saturated carbocycles. The normalized spacial score (nSPS) is 31.3. The SMILES string of the molecule is CC1CN=C(NC2(C)CCCC2)SC1. The molecule has 2 nitrogen and oxygen atoms in total. The molecule has 3 heteroatoms. The largest absolute Gasteiger partial charge is 0.360 e. The van der Waals surface area contributed by atoms with Gasteiger partial charge in [-0.1, -0.05) is 31.5 Å². The summed E-state index contributed by atoms with van der Waals surface area (Å²) in [5, 5.41) is 4.82. The van der Waals surface area contributed by atoms with Gasteiger partial charge in [0.05, 0.1) is 0 Å². The minimum absolute atomic E-state index is 0.340. The zero-order valence-corrected chi connectivity index (χ0v) is 9.99. The predicted octanol–water partition coefficient (Wildman–Crippen LogP) is 2.65. The van der Waals surface area contributed by atoms with Crippen LogP contribution < -0.4 is 5.32 Å². The highest BCUT2D eigenvalue weighted by molar-refractivity contribution is 8.13. The van der Waals surface area contributed by atoms with Crippen LogP contribution in [0.5, 0.6) is 0 Å². The first kappa shape index (κ1) is 10.3. The molecule has 0 bridgehead atoms. The molecule has 14 heavy (non-hydrogen) atoms. The lowest BCUT2D eigenvalue weighted by Crippen LogP contribution is -2.43. The van der Waals surface area contributed by atoms with Crippen LogP contribution in [-0.2, 0) is 0 Å². The van der Waals surface area contributed by atoms with Crippen LogP contribution in [0.2, 0.25) is 0 Å². The maximum absolute atomic E-state index is 4.59. The fraction of sp³-hybridized carbons (Fsp3) is 0.909. The summed E-state index contributed by atoms with van der Waals surface area (Å²) in [4.78, 5) is 4.59. The second kappa shape index (κ2) is 4.13. The van der Waals surface area contributed by atoms with E-state index >= 15 is 0 Å². The minimum Gasteiger partial charge on any atom is -0.360 e.